The van der Waals surface area contributed by atoms with E-state index in [4.69, 9.17) is 0 Å². The molecule has 1 nitrogen and oxygen atoms in total. The van der Waals surface area contributed by atoms with Gasteiger partial charge in [0.2, 0.25) is 0 Å². The van der Waals surface area contributed by atoms with E-state index in [0.29, 0.717) is 5.92 Å². The lowest BCUT2D eigenvalue weighted by atomic mass is 9.76. The summed E-state index contributed by atoms with van der Waals surface area (Å²) in [6.07, 6.45) is 7.37. The molecule has 0 bridgehead atoms. The second kappa shape index (κ2) is 4.86. The zero-order valence-corrected chi connectivity index (χ0v) is 8.42. The van der Waals surface area contributed by atoms with E-state index >= 15 is 0 Å². The summed E-state index contributed by atoms with van der Waals surface area (Å²) < 4.78 is 0. The molecule has 0 amide bonds. The molecule has 0 heterocycles. The van der Waals surface area contributed by atoms with Crippen LogP contribution in [0.4, 0.5) is 0 Å². The fourth-order valence-electron chi connectivity index (χ4n) is 2.43. The molecule has 0 saturated heterocycles. The second-order valence-electron chi connectivity index (χ2n) is 4.28. The first-order valence-corrected chi connectivity index (χ1v) is 5.43. The van der Waals surface area contributed by atoms with E-state index in [1.54, 1.807) is 0 Å². The maximum Gasteiger partial charge on any atom is 0.0570 e. The van der Waals surface area contributed by atoms with Gasteiger partial charge in [-0.05, 0) is 24.7 Å². The highest BCUT2D eigenvalue weighted by atomic mass is 16.3. The van der Waals surface area contributed by atoms with Crippen molar-refractivity contribution < 1.29 is 5.11 Å². The molecule has 12 heavy (non-hydrogen) atoms. The summed E-state index contributed by atoms with van der Waals surface area (Å²) in [5.74, 6) is 1.35. The Labute approximate surface area is 76.2 Å². The number of rotatable bonds is 3. The van der Waals surface area contributed by atoms with Crippen molar-refractivity contribution in [3.63, 3.8) is 0 Å². The van der Waals surface area contributed by atoms with Crippen molar-refractivity contribution in [1.82, 2.24) is 0 Å². The van der Waals surface area contributed by atoms with Crippen LogP contribution >= 0.6 is 0 Å². The Morgan fingerprint density at radius 2 is 2.00 bits per heavy atom. The Kier molecular flexibility index (Phi) is 4.07. The molecule has 1 saturated carbocycles. The van der Waals surface area contributed by atoms with Crippen LogP contribution in [-0.2, 0) is 0 Å². The van der Waals surface area contributed by atoms with Crippen molar-refractivity contribution in [2.45, 2.75) is 58.5 Å². The van der Waals surface area contributed by atoms with E-state index in [1.165, 1.54) is 25.7 Å². The van der Waals surface area contributed by atoms with E-state index in [2.05, 4.69) is 13.8 Å². The zero-order chi connectivity index (χ0) is 8.97. The lowest BCUT2D eigenvalue weighted by Gasteiger charge is -2.32. The SMILES string of the molecule is CCC[C@@H](O)C1CCCCC1C. The van der Waals surface area contributed by atoms with Crippen molar-refractivity contribution in [2.75, 3.05) is 0 Å². The Morgan fingerprint density at radius 1 is 1.33 bits per heavy atom. The summed E-state index contributed by atoms with van der Waals surface area (Å²) in [6, 6.07) is 0. The van der Waals surface area contributed by atoms with Gasteiger partial charge in [0.25, 0.3) is 0 Å². The molecule has 0 aromatic rings. The van der Waals surface area contributed by atoms with Crippen LogP contribution in [0.1, 0.15) is 52.4 Å². The molecule has 0 aliphatic heterocycles. The Balaban J connectivity index is 2.36. The van der Waals surface area contributed by atoms with Crippen LogP contribution in [0.3, 0.4) is 0 Å². The van der Waals surface area contributed by atoms with E-state index in [9.17, 15) is 5.11 Å². The largest absolute Gasteiger partial charge is 0.393 e. The van der Waals surface area contributed by atoms with Gasteiger partial charge in [0.05, 0.1) is 6.10 Å². The molecule has 1 N–H and O–H groups in total. The predicted molar refractivity (Wildman–Crippen MR) is 52.0 cm³/mol. The third-order valence-corrected chi connectivity index (χ3v) is 3.26. The molecule has 2 unspecified atom stereocenters. The first-order chi connectivity index (χ1) is 5.75. The van der Waals surface area contributed by atoms with E-state index < -0.39 is 0 Å². The van der Waals surface area contributed by atoms with Crippen molar-refractivity contribution >= 4 is 0 Å². The molecule has 1 fully saturated rings. The fourth-order valence-corrected chi connectivity index (χ4v) is 2.43. The highest BCUT2D eigenvalue weighted by Gasteiger charge is 2.26. The zero-order valence-electron chi connectivity index (χ0n) is 8.42. The third kappa shape index (κ3) is 2.48. The maximum absolute atomic E-state index is 9.84. The first-order valence-electron chi connectivity index (χ1n) is 5.43. The fraction of sp³-hybridized carbons (Fsp3) is 1.00. The quantitative estimate of drug-likeness (QED) is 0.690. The van der Waals surface area contributed by atoms with Gasteiger partial charge < -0.3 is 5.11 Å². The molecule has 0 radical (unpaired) electrons. The molecule has 1 heteroatoms. The van der Waals surface area contributed by atoms with Crippen molar-refractivity contribution in [2.24, 2.45) is 11.8 Å². The Bertz CT molecular complexity index is 122. The Morgan fingerprint density at radius 3 is 2.58 bits per heavy atom. The number of hydrogen-bond acceptors (Lipinski definition) is 1. The summed E-state index contributed by atoms with van der Waals surface area (Å²) in [5.41, 5.74) is 0. The molecule has 0 aromatic carbocycles. The molecule has 72 valence electrons. The van der Waals surface area contributed by atoms with Crippen molar-refractivity contribution in [3.05, 3.63) is 0 Å². The molecular formula is C11H22O. The van der Waals surface area contributed by atoms with Gasteiger partial charge in [0.15, 0.2) is 0 Å². The average molecular weight is 170 g/mol. The second-order valence-corrected chi connectivity index (χ2v) is 4.28. The molecule has 1 aliphatic rings. The standard InChI is InChI=1S/C11H22O/c1-3-6-11(12)10-8-5-4-7-9(10)2/h9-12H,3-8H2,1-2H3/t9?,10?,11-/m1/s1. The summed E-state index contributed by atoms with van der Waals surface area (Å²) in [4.78, 5) is 0. The van der Waals surface area contributed by atoms with Crippen LogP contribution in [-0.4, -0.2) is 11.2 Å². The summed E-state index contributed by atoms with van der Waals surface area (Å²) in [6.45, 7) is 4.44. The van der Waals surface area contributed by atoms with Gasteiger partial charge in [-0.15, -0.1) is 0 Å². The average Bonchev–Trinajstić information content (AvgIpc) is 2.05. The minimum atomic E-state index is -0.0229. The number of aliphatic hydroxyl groups excluding tert-OH is 1. The van der Waals surface area contributed by atoms with E-state index in [0.717, 1.165) is 18.8 Å². The highest BCUT2D eigenvalue weighted by molar-refractivity contribution is 4.77. The Hall–Kier alpha value is -0.0400. The highest BCUT2D eigenvalue weighted by Crippen LogP contribution is 2.33. The third-order valence-electron chi connectivity index (χ3n) is 3.26. The minimum Gasteiger partial charge on any atom is -0.393 e. The maximum atomic E-state index is 9.84. The van der Waals surface area contributed by atoms with Gasteiger partial charge in [0.1, 0.15) is 0 Å². The lowest BCUT2D eigenvalue weighted by Crippen LogP contribution is -2.28. The molecule has 0 spiro atoms. The van der Waals surface area contributed by atoms with E-state index in [-0.39, 0.29) is 6.10 Å². The van der Waals surface area contributed by atoms with Gasteiger partial charge >= 0.3 is 0 Å². The van der Waals surface area contributed by atoms with Crippen LogP contribution in [0, 0.1) is 11.8 Å². The van der Waals surface area contributed by atoms with Crippen LogP contribution in [0.25, 0.3) is 0 Å². The van der Waals surface area contributed by atoms with Crippen molar-refractivity contribution in [3.8, 4) is 0 Å². The van der Waals surface area contributed by atoms with Gasteiger partial charge in [-0.2, -0.15) is 0 Å². The minimum absolute atomic E-state index is 0.0229. The normalized spacial score (nSPS) is 33.2. The monoisotopic (exact) mass is 170 g/mol. The van der Waals surface area contributed by atoms with E-state index in [1.807, 2.05) is 0 Å². The van der Waals surface area contributed by atoms with Crippen LogP contribution in [0.2, 0.25) is 0 Å². The molecule has 3 atom stereocenters. The van der Waals surface area contributed by atoms with Crippen molar-refractivity contribution in [1.29, 1.82) is 0 Å². The molecule has 1 aliphatic carbocycles. The van der Waals surface area contributed by atoms with Gasteiger partial charge in [-0.25, -0.2) is 0 Å². The topological polar surface area (TPSA) is 20.2 Å². The van der Waals surface area contributed by atoms with Gasteiger partial charge in [-0.3, -0.25) is 0 Å². The molecular weight excluding hydrogens is 148 g/mol. The van der Waals surface area contributed by atoms with Crippen LogP contribution < -0.4 is 0 Å². The van der Waals surface area contributed by atoms with Gasteiger partial charge in [-0.1, -0.05) is 39.5 Å². The lowest BCUT2D eigenvalue weighted by molar-refractivity contribution is 0.0469. The number of aliphatic hydroxyl groups is 1. The summed E-state index contributed by atoms with van der Waals surface area (Å²) in [7, 11) is 0. The first kappa shape index (κ1) is 10.0. The predicted octanol–water partition coefficient (Wildman–Crippen LogP) is 2.97. The molecule has 0 aromatic heterocycles. The number of hydrogen-bond donors (Lipinski definition) is 1. The van der Waals surface area contributed by atoms with Gasteiger partial charge in [0, 0.05) is 0 Å². The molecule has 1 rings (SSSR count). The summed E-state index contributed by atoms with van der Waals surface area (Å²) in [5, 5.41) is 9.84. The smallest absolute Gasteiger partial charge is 0.0570 e. The van der Waals surface area contributed by atoms with Crippen LogP contribution in [0.5, 0.6) is 0 Å². The summed E-state index contributed by atoms with van der Waals surface area (Å²) >= 11 is 0. The van der Waals surface area contributed by atoms with Crippen LogP contribution in [0.15, 0.2) is 0 Å².